The van der Waals surface area contributed by atoms with Crippen LogP contribution in [-0.4, -0.2) is 39.6 Å². The predicted molar refractivity (Wildman–Crippen MR) is 163 cm³/mol. The molecule has 0 saturated carbocycles. The maximum atomic E-state index is 13.3. The van der Waals surface area contributed by atoms with Crippen molar-refractivity contribution in [2.75, 3.05) is 17.5 Å². The molecule has 4 rings (SSSR count). The van der Waals surface area contributed by atoms with E-state index < -0.39 is 22.5 Å². The molecule has 0 unspecified atom stereocenters. The van der Waals surface area contributed by atoms with Crippen LogP contribution in [0.3, 0.4) is 0 Å². The summed E-state index contributed by atoms with van der Waals surface area (Å²) < 4.78 is 33.3. The van der Waals surface area contributed by atoms with Crippen molar-refractivity contribution >= 4 is 45.3 Å². The summed E-state index contributed by atoms with van der Waals surface area (Å²) in [5.74, 6) is -0.393. The van der Waals surface area contributed by atoms with Gasteiger partial charge in [0.2, 0.25) is 0 Å². The number of sulfonamides is 1. The average Bonchev–Trinajstić information content (AvgIpc) is 3.00. The number of benzene rings is 4. The number of nitrogens with one attached hydrogen (secondary N) is 2. The molecule has 9 nitrogen and oxygen atoms in total. The van der Waals surface area contributed by atoms with Gasteiger partial charge in [-0.25, -0.2) is 13.8 Å². The van der Waals surface area contributed by atoms with Crippen LogP contribution < -0.4 is 19.8 Å². The Morgan fingerprint density at radius 2 is 1.50 bits per heavy atom. The molecule has 2 N–H and O–H groups in total. The summed E-state index contributed by atoms with van der Waals surface area (Å²) in [4.78, 5) is 25.0. The normalized spacial score (nSPS) is 12.0. The van der Waals surface area contributed by atoms with Gasteiger partial charge in [0, 0.05) is 5.02 Å². The van der Waals surface area contributed by atoms with Crippen molar-refractivity contribution < 1.29 is 22.7 Å². The minimum absolute atomic E-state index is 0.00227. The number of hydrazone groups is 1. The van der Waals surface area contributed by atoms with E-state index in [0.717, 1.165) is 9.87 Å². The first-order chi connectivity index (χ1) is 20.2. The van der Waals surface area contributed by atoms with Crippen molar-refractivity contribution in [3.05, 3.63) is 125 Å². The Morgan fingerprint density at radius 3 is 2.14 bits per heavy atom. The van der Waals surface area contributed by atoms with Gasteiger partial charge in [-0.1, -0.05) is 60.1 Å². The smallest absolute Gasteiger partial charge is 0.264 e. The Kier molecular flexibility index (Phi) is 10.3. The Hall–Kier alpha value is -4.67. The molecule has 0 saturated heterocycles. The highest BCUT2D eigenvalue weighted by atomic mass is 35.5. The maximum absolute atomic E-state index is 13.3. The zero-order chi connectivity index (χ0) is 30.0. The van der Waals surface area contributed by atoms with Crippen LogP contribution >= 0.6 is 11.6 Å². The van der Waals surface area contributed by atoms with Gasteiger partial charge in [0.25, 0.3) is 21.8 Å². The third kappa shape index (κ3) is 8.42. The molecule has 0 spiro atoms. The predicted octanol–water partition coefficient (Wildman–Crippen LogP) is 4.94. The summed E-state index contributed by atoms with van der Waals surface area (Å²) in [5, 5.41) is 7.23. The molecule has 0 fully saturated rings. The van der Waals surface area contributed by atoms with Gasteiger partial charge in [-0.2, -0.15) is 5.10 Å². The molecule has 0 heterocycles. The third-order valence-corrected chi connectivity index (χ3v) is 8.10. The molecule has 0 bridgehead atoms. The second-order valence-corrected chi connectivity index (χ2v) is 11.5. The highest BCUT2D eigenvalue weighted by Gasteiger charge is 2.27. The zero-order valence-electron chi connectivity index (χ0n) is 22.7. The van der Waals surface area contributed by atoms with E-state index in [1.165, 1.54) is 30.5 Å². The Morgan fingerprint density at radius 1 is 0.881 bits per heavy atom. The van der Waals surface area contributed by atoms with Crippen LogP contribution in [0, 0.1) is 0 Å². The lowest BCUT2D eigenvalue weighted by Crippen LogP contribution is -2.39. The highest BCUT2D eigenvalue weighted by molar-refractivity contribution is 7.92. The minimum atomic E-state index is -4.06. The number of nitrogens with zero attached hydrogens (tertiary/aromatic N) is 2. The molecule has 4 aromatic carbocycles. The molecule has 0 radical (unpaired) electrons. The number of ether oxygens (including phenoxy) is 1. The van der Waals surface area contributed by atoms with E-state index in [0.29, 0.717) is 22.0 Å². The van der Waals surface area contributed by atoms with Crippen LogP contribution in [0.2, 0.25) is 5.02 Å². The standard InChI is InChI=1S/C31H29ClN4O5S/c1-23(25-8-4-2-5-9-25)34-31(38)22-41-28-16-12-24(13-17-28)20-33-35-30(37)21-36(27-10-6-3-7-11-27)42(39,40)29-18-14-26(32)15-19-29/h2-20,23H,21-22H2,1H3,(H,34,38)(H,35,37)/b33-20-/t23-/m0/s1. The summed E-state index contributed by atoms with van der Waals surface area (Å²) in [5.41, 5.74) is 4.34. The third-order valence-electron chi connectivity index (χ3n) is 6.06. The molecule has 216 valence electrons. The molecule has 11 heteroatoms. The monoisotopic (exact) mass is 604 g/mol. The van der Waals surface area contributed by atoms with E-state index in [1.54, 1.807) is 54.6 Å². The summed E-state index contributed by atoms with van der Waals surface area (Å²) >= 11 is 5.91. The lowest BCUT2D eigenvalue weighted by Gasteiger charge is -2.23. The van der Waals surface area contributed by atoms with Crippen molar-refractivity contribution in [3.8, 4) is 5.75 Å². The number of hydrogen-bond donors (Lipinski definition) is 2. The Labute approximate surface area is 249 Å². The lowest BCUT2D eigenvalue weighted by atomic mass is 10.1. The Bertz CT molecular complexity index is 1620. The molecular formula is C31H29ClN4O5S. The highest BCUT2D eigenvalue weighted by Crippen LogP contribution is 2.24. The van der Waals surface area contributed by atoms with Crippen molar-refractivity contribution in [1.29, 1.82) is 0 Å². The quantitative estimate of drug-likeness (QED) is 0.175. The number of carbonyl (C=O) groups is 2. The molecule has 2 amide bonds. The number of anilines is 1. The van der Waals surface area contributed by atoms with Crippen LogP contribution in [0.1, 0.15) is 24.1 Å². The molecule has 1 atom stereocenters. The van der Waals surface area contributed by atoms with E-state index in [9.17, 15) is 18.0 Å². The molecule has 4 aromatic rings. The topological polar surface area (TPSA) is 117 Å². The van der Waals surface area contributed by atoms with Crippen LogP contribution in [0.25, 0.3) is 0 Å². The maximum Gasteiger partial charge on any atom is 0.264 e. The summed E-state index contributed by atoms with van der Waals surface area (Å²) in [6, 6.07) is 30.3. The van der Waals surface area contributed by atoms with E-state index in [1.807, 2.05) is 37.3 Å². The van der Waals surface area contributed by atoms with Crippen LogP contribution in [-0.2, 0) is 19.6 Å². The van der Waals surface area contributed by atoms with E-state index in [4.69, 9.17) is 16.3 Å². The van der Waals surface area contributed by atoms with Gasteiger partial charge < -0.3 is 10.1 Å². The molecule has 0 aliphatic rings. The number of carbonyl (C=O) groups excluding carboxylic acids is 2. The molecule has 0 aromatic heterocycles. The number of hydrogen-bond acceptors (Lipinski definition) is 6. The second-order valence-electron chi connectivity index (χ2n) is 9.15. The second kappa shape index (κ2) is 14.3. The fraction of sp³-hybridized carbons (Fsp3) is 0.129. The van der Waals surface area contributed by atoms with Crippen LogP contribution in [0.4, 0.5) is 5.69 Å². The van der Waals surface area contributed by atoms with E-state index >= 15 is 0 Å². The van der Waals surface area contributed by atoms with Crippen LogP contribution in [0.15, 0.2) is 119 Å². The first-order valence-electron chi connectivity index (χ1n) is 12.9. The fourth-order valence-corrected chi connectivity index (χ4v) is 5.44. The van der Waals surface area contributed by atoms with Gasteiger partial charge in [-0.05, 0) is 78.7 Å². The first-order valence-corrected chi connectivity index (χ1v) is 14.8. The molecular weight excluding hydrogens is 576 g/mol. The zero-order valence-corrected chi connectivity index (χ0v) is 24.3. The summed E-state index contributed by atoms with van der Waals surface area (Å²) in [6.07, 6.45) is 1.41. The average molecular weight is 605 g/mol. The van der Waals surface area contributed by atoms with Gasteiger partial charge in [0.15, 0.2) is 6.61 Å². The minimum Gasteiger partial charge on any atom is -0.484 e. The van der Waals surface area contributed by atoms with E-state index in [2.05, 4.69) is 15.8 Å². The van der Waals surface area contributed by atoms with Gasteiger partial charge in [0.1, 0.15) is 12.3 Å². The van der Waals surface area contributed by atoms with Gasteiger partial charge in [0.05, 0.1) is 22.8 Å². The van der Waals surface area contributed by atoms with Crippen LogP contribution in [0.5, 0.6) is 5.75 Å². The largest absolute Gasteiger partial charge is 0.484 e. The van der Waals surface area contributed by atoms with E-state index in [-0.39, 0.29) is 23.5 Å². The summed E-state index contributed by atoms with van der Waals surface area (Å²) in [6.45, 7) is 1.26. The first kappa shape index (κ1) is 30.3. The fourth-order valence-electron chi connectivity index (χ4n) is 3.89. The molecule has 0 aliphatic carbocycles. The van der Waals surface area contributed by atoms with Gasteiger partial charge in [-0.15, -0.1) is 0 Å². The molecule has 42 heavy (non-hydrogen) atoms. The van der Waals surface area contributed by atoms with Gasteiger partial charge in [-0.3, -0.25) is 13.9 Å². The van der Waals surface area contributed by atoms with Gasteiger partial charge >= 0.3 is 0 Å². The van der Waals surface area contributed by atoms with Crippen molar-refractivity contribution in [3.63, 3.8) is 0 Å². The summed E-state index contributed by atoms with van der Waals surface area (Å²) in [7, 11) is -4.06. The van der Waals surface area contributed by atoms with Crippen molar-refractivity contribution in [2.45, 2.75) is 17.9 Å². The lowest BCUT2D eigenvalue weighted by molar-refractivity contribution is -0.123. The number of halogens is 1. The number of rotatable bonds is 12. The number of amides is 2. The van der Waals surface area contributed by atoms with Crippen molar-refractivity contribution in [1.82, 2.24) is 10.7 Å². The SMILES string of the molecule is C[C@H](NC(=O)COc1ccc(/C=N\NC(=O)CN(c2ccccc2)S(=O)(=O)c2ccc(Cl)cc2)cc1)c1ccccc1. The molecule has 0 aliphatic heterocycles. The number of para-hydroxylation sites is 1. The van der Waals surface area contributed by atoms with Crippen molar-refractivity contribution in [2.24, 2.45) is 5.10 Å². The Balaban J connectivity index is 1.31.